The maximum absolute atomic E-state index is 12.9. The van der Waals surface area contributed by atoms with E-state index in [-0.39, 0.29) is 31.1 Å². The minimum atomic E-state index is -0.763. The van der Waals surface area contributed by atoms with E-state index in [1.165, 1.54) is 276 Å². The predicted octanol–water partition coefficient (Wildman–Crippen LogP) is 22.1. The number of unbranched alkanes of at least 4 members (excludes halogenated alkanes) is 47. The molecule has 6 heteroatoms. The Morgan fingerprint density at radius 2 is 0.486 bits per heavy atom. The summed E-state index contributed by atoms with van der Waals surface area (Å²) < 4.78 is 17.0. The molecule has 0 rings (SSSR count). The van der Waals surface area contributed by atoms with Crippen molar-refractivity contribution in [2.45, 2.75) is 387 Å². The molecule has 0 aromatic carbocycles. The second-order valence-corrected chi connectivity index (χ2v) is 23.0. The van der Waals surface area contributed by atoms with Crippen LogP contribution in [0.15, 0.2) is 0 Å². The molecular weight excluding hydrogens is 889 g/mol. The molecule has 0 aromatic heterocycles. The standard InChI is InChI=1S/C66H128O6/c1-5-8-10-12-14-16-18-20-22-24-26-28-33-37-41-45-49-53-57-64(67)70-60-63(72-66(69)59-55-51-47-43-39-35-29-27-25-23-21-19-17-15-13-11-9-6-2)61-71-65(68)58-54-50-46-42-38-34-31-30-32-36-40-44-48-52-56-62(4)7-3/h62-63H,5-61H2,1-4H3/t62?,63-/m1/s1. The van der Waals surface area contributed by atoms with Crippen molar-refractivity contribution in [2.24, 2.45) is 5.92 Å². The number of ether oxygens (including phenoxy) is 3. The van der Waals surface area contributed by atoms with Crippen LogP contribution in [0, 0.1) is 5.92 Å². The lowest BCUT2D eigenvalue weighted by molar-refractivity contribution is -0.167. The van der Waals surface area contributed by atoms with Gasteiger partial charge in [0, 0.05) is 19.3 Å². The van der Waals surface area contributed by atoms with E-state index < -0.39 is 6.10 Å². The van der Waals surface area contributed by atoms with Crippen LogP contribution in [0.2, 0.25) is 0 Å². The van der Waals surface area contributed by atoms with Gasteiger partial charge in [0.05, 0.1) is 0 Å². The van der Waals surface area contributed by atoms with Crippen molar-refractivity contribution < 1.29 is 28.6 Å². The van der Waals surface area contributed by atoms with Gasteiger partial charge in [0.15, 0.2) is 6.10 Å². The second kappa shape index (κ2) is 60.3. The fourth-order valence-corrected chi connectivity index (χ4v) is 10.3. The highest BCUT2D eigenvalue weighted by atomic mass is 16.6. The van der Waals surface area contributed by atoms with Crippen LogP contribution >= 0.6 is 0 Å². The Bertz CT molecular complexity index is 1090. The Labute approximate surface area is 450 Å². The van der Waals surface area contributed by atoms with Crippen molar-refractivity contribution in [2.75, 3.05) is 13.2 Å². The van der Waals surface area contributed by atoms with E-state index in [4.69, 9.17) is 14.2 Å². The van der Waals surface area contributed by atoms with E-state index in [9.17, 15) is 14.4 Å². The molecule has 0 aromatic rings. The molecule has 0 aliphatic heterocycles. The molecule has 0 saturated carbocycles. The van der Waals surface area contributed by atoms with Crippen molar-refractivity contribution in [3.63, 3.8) is 0 Å². The van der Waals surface area contributed by atoms with Gasteiger partial charge >= 0.3 is 17.9 Å². The summed E-state index contributed by atoms with van der Waals surface area (Å²) in [5.41, 5.74) is 0. The zero-order chi connectivity index (χ0) is 52.3. The van der Waals surface area contributed by atoms with Gasteiger partial charge in [0.25, 0.3) is 0 Å². The number of hydrogen-bond donors (Lipinski definition) is 0. The van der Waals surface area contributed by atoms with Gasteiger partial charge in [0.1, 0.15) is 13.2 Å². The van der Waals surface area contributed by atoms with Crippen LogP contribution in [-0.4, -0.2) is 37.2 Å². The molecule has 6 nitrogen and oxygen atoms in total. The Kier molecular flexibility index (Phi) is 58.9. The van der Waals surface area contributed by atoms with E-state index in [0.717, 1.165) is 63.7 Å². The molecule has 0 aliphatic rings. The van der Waals surface area contributed by atoms with Gasteiger partial charge < -0.3 is 14.2 Å². The van der Waals surface area contributed by atoms with Gasteiger partial charge in [-0.1, -0.05) is 342 Å². The van der Waals surface area contributed by atoms with Crippen molar-refractivity contribution in [1.82, 2.24) is 0 Å². The smallest absolute Gasteiger partial charge is 0.306 e. The molecule has 0 fully saturated rings. The van der Waals surface area contributed by atoms with Crippen molar-refractivity contribution in [3.8, 4) is 0 Å². The summed E-state index contributed by atoms with van der Waals surface area (Å²) in [4.78, 5) is 38.4. The second-order valence-electron chi connectivity index (χ2n) is 23.0. The quantitative estimate of drug-likeness (QED) is 0.0343. The van der Waals surface area contributed by atoms with Gasteiger partial charge in [-0.3, -0.25) is 14.4 Å². The van der Waals surface area contributed by atoms with Gasteiger partial charge in [-0.15, -0.1) is 0 Å². The highest BCUT2D eigenvalue weighted by molar-refractivity contribution is 5.71. The molecule has 0 bridgehead atoms. The molecule has 72 heavy (non-hydrogen) atoms. The van der Waals surface area contributed by atoms with Crippen LogP contribution in [0.5, 0.6) is 0 Å². The topological polar surface area (TPSA) is 78.9 Å². The lowest BCUT2D eigenvalue weighted by atomic mass is 9.99. The summed E-state index contributed by atoms with van der Waals surface area (Å²) in [7, 11) is 0. The van der Waals surface area contributed by atoms with E-state index >= 15 is 0 Å². The Morgan fingerprint density at radius 3 is 0.722 bits per heavy atom. The summed E-state index contributed by atoms with van der Waals surface area (Å²) in [6, 6.07) is 0. The number of carbonyl (C=O) groups is 3. The normalized spacial score (nSPS) is 12.3. The highest BCUT2D eigenvalue weighted by Gasteiger charge is 2.19. The molecule has 0 saturated heterocycles. The minimum absolute atomic E-state index is 0.0610. The molecule has 2 atom stereocenters. The molecule has 0 radical (unpaired) electrons. The SMILES string of the molecule is CCCCCCCCCCCCCCCCCCCCC(=O)OC[C@H](COC(=O)CCCCCCCCCCCCCCCCC(C)CC)OC(=O)CCCCCCCCCCCCCCCCCCCC. The van der Waals surface area contributed by atoms with Gasteiger partial charge in [-0.2, -0.15) is 0 Å². The van der Waals surface area contributed by atoms with Crippen LogP contribution < -0.4 is 0 Å². The van der Waals surface area contributed by atoms with Gasteiger partial charge in [-0.25, -0.2) is 0 Å². The average molecular weight is 1020 g/mol. The van der Waals surface area contributed by atoms with E-state index in [2.05, 4.69) is 27.7 Å². The van der Waals surface area contributed by atoms with Gasteiger partial charge in [0.2, 0.25) is 0 Å². The summed E-state index contributed by atoms with van der Waals surface area (Å²) in [6.07, 6.45) is 68.1. The molecule has 0 N–H and O–H groups in total. The van der Waals surface area contributed by atoms with Crippen molar-refractivity contribution >= 4 is 17.9 Å². The average Bonchev–Trinajstić information content (AvgIpc) is 3.38. The Morgan fingerprint density at radius 1 is 0.278 bits per heavy atom. The van der Waals surface area contributed by atoms with Crippen LogP contribution in [0.1, 0.15) is 381 Å². The molecule has 0 spiro atoms. The van der Waals surface area contributed by atoms with Crippen molar-refractivity contribution in [1.29, 1.82) is 0 Å². The third-order valence-corrected chi connectivity index (χ3v) is 15.7. The first kappa shape index (κ1) is 70.4. The first-order valence-corrected chi connectivity index (χ1v) is 32.9. The van der Waals surface area contributed by atoms with E-state index in [1.54, 1.807) is 0 Å². The van der Waals surface area contributed by atoms with Crippen LogP contribution in [-0.2, 0) is 28.6 Å². The van der Waals surface area contributed by atoms with Crippen LogP contribution in [0.25, 0.3) is 0 Å². The first-order chi connectivity index (χ1) is 35.4. The molecule has 428 valence electrons. The molecule has 1 unspecified atom stereocenters. The summed E-state index contributed by atoms with van der Waals surface area (Å²) in [5, 5.41) is 0. The molecule has 0 heterocycles. The maximum Gasteiger partial charge on any atom is 0.306 e. The Hall–Kier alpha value is -1.59. The van der Waals surface area contributed by atoms with Gasteiger partial charge in [-0.05, 0) is 25.2 Å². The first-order valence-electron chi connectivity index (χ1n) is 32.9. The van der Waals surface area contributed by atoms with Crippen LogP contribution in [0.4, 0.5) is 0 Å². The number of rotatable bonds is 61. The third kappa shape index (κ3) is 57.7. The van der Waals surface area contributed by atoms with E-state index in [0.29, 0.717) is 19.3 Å². The van der Waals surface area contributed by atoms with E-state index in [1.807, 2.05) is 0 Å². The molecule has 0 aliphatic carbocycles. The third-order valence-electron chi connectivity index (χ3n) is 15.7. The number of hydrogen-bond acceptors (Lipinski definition) is 6. The van der Waals surface area contributed by atoms with Crippen LogP contribution in [0.3, 0.4) is 0 Å². The minimum Gasteiger partial charge on any atom is -0.462 e. The lowest BCUT2D eigenvalue weighted by Crippen LogP contribution is -2.30. The number of esters is 3. The zero-order valence-corrected chi connectivity index (χ0v) is 49.4. The monoisotopic (exact) mass is 1020 g/mol. The lowest BCUT2D eigenvalue weighted by Gasteiger charge is -2.18. The largest absolute Gasteiger partial charge is 0.462 e. The highest BCUT2D eigenvalue weighted by Crippen LogP contribution is 2.19. The summed E-state index contributed by atoms with van der Waals surface area (Å²) >= 11 is 0. The summed E-state index contributed by atoms with van der Waals surface area (Å²) in [5.74, 6) is 0.0706. The van der Waals surface area contributed by atoms with Crippen molar-refractivity contribution in [3.05, 3.63) is 0 Å². The zero-order valence-electron chi connectivity index (χ0n) is 49.4. The summed E-state index contributed by atoms with van der Waals surface area (Å²) in [6.45, 7) is 9.13. The Balaban J connectivity index is 4.29. The fourth-order valence-electron chi connectivity index (χ4n) is 10.3. The fraction of sp³-hybridized carbons (Fsp3) is 0.955. The maximum atomic E-state index is 12.9. The molecular formula is C66H128O6. The molecule has 0 amide bonds. The number of carbonyl (C=O) groups excluding carboxylic acids is 3. The predicted molar refractivity (Wildman–Crippen MR) is 312 cm³/mol.